The number of methoxy groups -OCH3 is 1. The summed E-state index contributed by atoms with van der Waals surface area (Å²) >= 11 is 0. The number of likely N-dealkylation sites (tertiary alicyclic amines) is 1. The van der Waals surface area contributed by atoms with Crippen LogP contribution in [0, 0.1) is 11.3 Å². The summed E-state index contributed by atoms with van der Waals surface area (Å²) < 4.78 is 5.51. The second-order valence-electron chi connectivity index (χ2n) is 6.30. The van der Waals surface area contributed by atoms with Gasteiger partial charge in [0.05, 0.1) is 24.3 Å². The van der Waals surface area contributed by atoms with Crippen LogP contribution < -0.4 is 10.1 Å². The molecule has 1 fully saturated rings. The normalized spacial score (nSPS) is 17.4. The summed E-state index contributed by atoms with van der Waals surface area (Å²) in [6.07, 6.45) is 2.28. The summed E-state index contributed by atoms with van der Waals surface area (Å²) in [7, 11) is 1.56. The van der Waals surface area contributed by atoms with Crippen LogP contribution in [0.25, 0.3) is 10.8 Å². The molecule has 0 saturated carbocycles. The molecular formula is C20H23N3O2. The van der Waals surface area contributed by atoms with Crippen molar-refractivity contribution in [3.05, 3.63) is 41.5 Å². The number of likely N-dealkylation sites (N-methyl/N-ethyl adjacent to an activating group) is 1. The van der Waals surface area contributed by atoms with Crippen LogP contribution in [0.15, 0.2) is 30.3 Å². The Morgan fingerprint density at radius 3 is 2.84 bits per heavy atom. The molecule has 0 bridgehead atoms. The minimum Gasteiger partial charge on any atom is -0.495 e. The largest absolute Gasteiger partial charge is 0.495 e. The molecule has 3 rings (SSSR count). The standard InChI is InChI=1S/C20H23N3O2/c1-3-23-10-6-7-15(23)13-22-20(24)18-11-14(12-21)16-8-4-5-9-17(16)19(18)25-2/h4-5,8-9,11,15H,3,6-7,10,13H2,1-2H3,(H,22,24). The maximum Gasteiger partial charge on any atom is 0.255 e. The van der Waals surface area contributed by atoms with Crippen molar-refractivity contribution in [3.8, 4) is 11.8 Å². The first kappa shape index (κ1) is 17.2. The Hall–Kier alpha value is -2.58. The van der Waals surface area contributed by atoms with Gasteiger partial charge in [0.2, 0.25) is 0 Å². The highest BCUT2D eigenvalue weighted by atomic mass is 16.5. The van der Waals surface area contributed by atoms with Crippen molar-refractivity contribution in [3.63, 3.8) is 0 Å². The fraction of sp³-hybridized carbons (Fsp3) is 0.400. The van der Waals surface area contributed by atoms with Crippen molar-refractivity contribution >= 4 is 16.7 Å². The Morgan fingerprint density at radius 2 is 2.16 bits per heavy atom. The fourth-order valence-corrected chi connectivity index (χ4v) is 3.68. The SMILES string of the molecule is CCN1CCCC1CNC(=O)c1cc(C#N)c2ccccc2c1OC. The van der Waals surface area contributed by atoms with Gasteiger partial charge in [0.1, 0.15) is 5.75 Å². The lowest BCUT2D eigenvalue weighted by Gasteiger charge is -2.23. The number of nitrogens with zero attached hydrogens (tertiary/aromatic N) is 2. The minimum atomic E-state index is -0.193. The van der Waals surface area contributed by atoms with E-state index in [9.17, 15) is 10.1 Å². The van der Waals surface area contributed by atoms with Gasteiger partial charge in [-0.25, -0.2) is 0 Å². The van der Waals surface area contributed by atoms with Gasteiger partial charge >= 0.3 is 0 Å². The van der Waals surface area contributed by atoms with Crippen molar-refractivity contribution in [2.75, 3.05) is 26.7 Å². The van der Waals surface area contributed by atoms with Crippen LogP contribution in [0.2, 0.25) is 0 Å². The molecule has 0 spiro atoms. The van der Waals surface area contributed by atoms with Gasteiger partial charge in [0.25, 0.3) is 5.91 Å². The summed E-state index contributed by atoms with van der Waals surface area (Å²) in [5.41, 5.74) is 0.899. The van der Waals surface area contributed by atoms with E-state index in [1.807, 2.05) is 24.3 Å². The molecule has 1 saturated heterocycles. The average Bonchev–Trinajstić information content (AvgIpc) is 3.12. The van der Waals surface area contributed by atoms with Crippen LogP contribution in [-0.2, 0) is 0 Å². The van der Waals surface area contributed by atoms with Gasteiger partial charge in [0.15, 0.2) is 0 Å². The average molecular weight is 337 g/mol. The van der Waals surface area contributed by atoms with E-state index in [4.69, 9.17) is 4.74 Å². The zero-order valence-corrected chi connectivity index (χ0v) is 14.7. The molecule has 1 atom stereocenters. The van der Waals surface area contributed by atoms with Crippen molar-refractivity contribution in [2.45, 2.75) is 25.8 Å². The number of ether oxygens (including phenoxy) is 1. The van der Waals surface area contributed by atoms with Crippen molar-refractivity contribution in [2.24, 2.45) is 0 Å². The van der Waals surface area contributed by atoms with Crippen molar-refractivity contribution in [1.82, 2.24) is 10.2 Å². The molecule has 0 aromatic heterocycles. The van der Waals surface area contributed by atoms with Gasteiger partial charge in [-0.3, -0.25) is 9.69 Å². The number of carbonyl (C=O) groups excluding carboxylic acids is 1. The number of rotatable bonds is 5. The molecule has 1 N–H and O–H groups in total. The van der Waals surface area contributed by atoms with Crippen LogP contribution >= 0.6 is 0 Å². The number of fused-ring (bicyclic) bond motifs is 1. The lowest BCUT2D eigenvalue weighted by molar-refractivity contribution is 0.0938. The highest BCUT2D eigenvalue weighted by Crippen LogP contribution is 2.32. The van der Waals surface area contributed by atoms with E-state index in [-0.39, 0.29) is 5.91 Å². The molecule has 0 radical (unpaired) electrons. The lowest BCUT2D eigenvalue weighted by Crippen LogP contribution is -2.40. The molecule has 25 heavy (non-hydrogen) atoms. The molecular weight excluding hydrogens is 314 g/mol. The first-order valence-electron chi connectivity index (χ1n) is 8.71. The zero-order valence-electron chi connectivity index (χ0n) is 14.7. The lowest BCUT2D eigenvalue weighted by atomic mass is 9.99. The summed E-state index contributed by atoms with van der Waals surface area (Å²) in [5.74, 6) is 0.327. The number of nitriles is 1. The van der Waals surface area contributed by atoms with Gasteiger partial charge in [-0.1, -0.05) is 31.2 Å². The number of hydrogen-bond acceptors (Lipinski definition) is 4. The molecule has 1 heterocycles. The molecule has 1 amide bonds. The second-order valence-corrected chi connectivity index (χ2v) is 6.30. The smallest absolute Gasteiger partial charge is 0.255 e. The molecule has 2 aromatic carbocycles. The van der Waals surface area contributed by atoms with Gasteiger partial charge in [-0.05, 0) is 32.0 Å². The van der Waals surface area contributed by atoms with E-state index in [2.05, 4.69) is 23.2 Å². The van der Waals surface area contributed by atoms with Crippen LogP contribution in [0.3, 0.4) is 0 Å². The molecule has 130 valence electrons. The molecule has 0 aliphatic carbocycles. The Kier molecular flexibility index (Phi) is 5.20. The third-order valence-electron chi connectivity index (χ3n) is 4.97. The Balaban J connectivity index is 1.89. The van der Waals surface area contributed by atoms with E-state index >= 15 is 0 Å². The Bertz CT molecular complexity index is 826. The van der Waals surface area contributed by atoms with Gasteiger partial charge in [0, 0.05) is 23.4 Å². The van der Waals surface area contributed by atoms with Crippen molar-refractivity contribution in [1.29, 1.82) is 5.26 Å². The summed E-state index contributed by atoms with van der Waals surface area (Å²) in [5, 5.41) is 14.1. The molecule has 5 nitrogen and oxygen atoms in total. The second kappa shape index (κ2) is 7.54. The number of benzene rings is 2. The van der Waals surface area contributed by atoms with Crippen LogP contribution in [0.5, 0.6) is 5.75 Å². The number of carbonyl (C=O) groups is 1. The molecule has 1 unspecified atom stereocenters. The minimum absolute atomic E-state index is 0.193. The quantitative estimate of drug-likeness (QED) is 0.911. The third kappa shape index (κ3) is 3.31. The van der Waals surface area contributed by atoms with Crippen LogP contribution in [-0.4, -0.2) is 43.6 Å². The first-order valence-corrected chi connectivity index (χ1v) is 8.71. The molecule has 2 aromatic rings. The topological polar surface area (TPSA) is 65.4 Å². The fourth-order valence-electron chi connectivity index (χ4n) is 3.68. The van der Waals surface area contributed by atoms with Gasteiger partial charge in [-0.15, -0.1) is 0 Å². The molecule has 5 heteroatoms. The maximum absolute atomic E-state index is 12.8. The van der Waals surface area contributed by atoms with E-state index < -0.39 is 0 Å². The monoisotopic (exact) mass is 337 g/mol. The predicted octanol–water partition coefficient (Wildman–Crippen LogP) is 2.93. The highest BCUT2D eigenvalue weighted by Gasteiger charge is 2.24. The van der Waals surface area contributed by atoms with E-state index in [1.54, 1.807) is 13.2 Å². The van der Waals surface area contributed by atoms with Crippen LogP contribution in [0.1, 0.15) is 35.7 Å². The number of hydrogen-bond donors (Lipinski definition) is 1. The summed E-state index contributed by atoms with van der Waals surface area (Å²) in [6, 6.07) is 11.7. The summed E-state index contributed by atoms with van der Waals surface area (Å²) in [4.78, 5) is 15.2. The highest BCUT2D eigenvalue weighted by molar-refractivity contribution is 6.05. The number of amides is 1. The third-order valence-corrected chi connectivity index (χ3v) is 4.97. The summed E-state index contributed by atoms with van der Waals surface area (Å²) in [6.45, 7) is 4.85. The van der Waals surface area contributed by atoms with Gasteiger partial charge < -0.3 is 10.1 Å². The van der Waals surface area contributed by atoms with E-state index in [1.165, 1.54) is 6.42 Å². The van der Waals surface area contributed by atoms with E-state index in [0.29, 0.717) is 29.5 Å². The Morgan fingerprint density at radius 1 is 1.40 bits per heavy atom. The Labute approximate surface area is 148 Å². The molecule has 1 aliphatic heterocycles. The maximum atomic E-state index is 12.8. The zero-order chi connectivity index (χ0) is 17.8. The number of nitrogens with one attached hydrogen (secondary N) is 1. The van der Waals surface area contributed by atoms with E-state index in [0.717, 1.165) is 30.3 Å². The predicted molar refractivity (Wildman–Crippen MR) is 97.8 cm³/mol. The van der Waals surface area contributed by atoms with Crippen molar-refractivity contribution < 1.29 is 9.53 Å². The van der Waals surface area contributed by atoms with Crippen LogP contribution in [0.4, 0.5) is 0 Å². The van der Waals surface area contributed by atoms with Gasteiger partial charge in [-0.2, -0.15) is 5.26 Å². The molecule has 1 aliphatic rings. The first-order chi connectivity index (χ1) is 12.2.